The monoisotopic (exact) mass is 306 g/mol. The second kappa shape index (κ2) is 6.46. The third-order valence-corrected chi connectivity index (χ3v) is 4.57. The van der Waals surface area contributed by atoms with Gasteiger partial charge in [0.05, 0.1) is 10.9 Å². The van der Waals surface area contributed by atoms with E-state index < -0.39 is 0 Å². The third kappa shape index (κ3) is 3.37. The Hall–Kier alpha value is -1.57. The van der Waals surface area contributed by atoms with Crippen LogP contribution in [0.3, 0.4) is 0 Å². The molecule has 3 heterocycles. The van der Waals surface area contributed by atoms with Crippen LogP contribution in [0.1, 0.15) is 33.8 Å². The molecule has 7 heteroatoms. The molecule has 21 heavy (non-hydrogen) atoms. The van der Waals surface area contributed by atoms with Gasteiger partial charge in [0.15, 0.2) is 11.6 Å². The quantitative estimate of drug-likeness (QED) is 0.845. The minimum absolute atomic E-state index is 0.126. The number of aromatic nitrogens is 2. The molecule has 1 aliphatic rings. The van der Waals surface area contributed by atoms with Gasteiger partial charge in [-0.25, -0.2) is 0 Å². The molecule has 1 N–H and O–H groups in total. The van der Waals surface area contributed by atoms with Gasteiger partial charge in [-0.3, -0.25) is 9.69 Å². The Morgan fingerprint density at radius 1 is 1.62 bits per heavy atom. The smallest absolute Gasteiger partial charge is 0.227 e. The fourth-order valence-corrected chi connectivity index (χ4v) is 3.07. The van der Waals surface area contributed by atoms with Gasteiger partial charge in [0.1, 0.15) is 0 Å². The maximum absolute atomic E-state index is 11.9. The zero-order valence-electron chi connectivity index (χ0n) is 11.9. The van der Waals surface area contributed by atoms with Gasteiger partial charge in [-0.15, -0.1) is 11.3 Å². The standard InChI is InChI=1S/C14H18N4O2S/c1-18-7-6-15-9-10(18)14-16-13(20-17-14)5-4-11(19)12-3-2-8-21-12/h2-3,8,10,15H,4-7,9H2,1H3. The highest BCUT2D eigenvalue weighted by atomic mass is 32.1. The van der Waals surface area contributed by atoms with E-state index in [1.54, 1.807) is 0 Å². The van der Waals surface area contributed by atoms with Crippen molar-refractivity contribution in [2.24, 2.45) is 0 Å². The average molecular weight is 306 g/mol. The second-order valence-corrected chi connectivity index (χ2v) is 6.10. The van der Waals surface area contributed by atoms with E-state index in [0.717, 1.165) is 24.5 Å². The fourth-order valence-electron chi connectivity index (χ4n) is 2.38. The van der Waals surface area contributed by atoms with Crippen LogP contribution in [0.2, 0.25) is 0 Å². The minimum Gasteiger partial charge on any atom is -0.339 e. The Kier molecular flexibility index (Phi) is 4.42. The molecule has 2 aromatic heterocycles. The Labute approximate surface area is 127 Å². The lowest BCUT2D eigenvalue weighted by Gasteiger charge is -2.30. The van der Waals surface area contributed by atoms with Gasteiger partial charge in [-0.2, -0.15) is 4.98 Å². The number of rotatable bonds is 5. The van der Waals surface area contributed by atoms with Crippen molar-refractivity contribution in [2.45, 2.75) is 18.9 Å². The van der Waals surface area contributed by atoms with Crippen molar-refractivity contribution in [3.05, 3.63) is 34.1 Å². The van der Waals surface area contributed by atoms with Gasteiger partial charge in [0.2, 0.25) is 5.89 Å². The van der Waals surface area contributed by atoms with Crippen LogP contribution in [0.15, 0.2) is 22.0 Å². The SMILES string of the molecule is CN1CCNCC1c1noc(CCC(=O)c2cccs2)n1. The van der Waals surface area contributed by atoms with Crippen LogP contribution in [0.5, 0.6) is 0 Å². The average Bonchev–Trinajstić information content (AvgIpc) is 3.17. The predicted molar refractivity (Wildman–Crippen MR) is 79.5 cm³/mol. The molecule has 0 spiro atoms. The number of likely N-dealkylation sites (N-methyl/N-ethyl adjacent to an activating group) is 1. The van der Waals surface area contributed by atoms with E-state index in [0.29, 0.717) is 24.6 Å². The number of nitrogens with one attached hydrogen (secondary N) is 1. The highest BCUT2D eigenvalue weighted by Gasteiger charge is 2.25. The largest absolute Gasteiger partial charge is 0.339 e. The van der Waals surface area contributed by atoms with E-state index in [1.807, 2.05) is 17.5 Å². The van der Waals surface area contributed by atoms with E-state index in [4.69, 9.17) is 4.52 Å². The van der Waals surface area contributed by atoms with Crippen molar-refractivity contribution < 1.29 is 9.32 Å². The molecule has 3 rings (SSSR count). The molecule has 0 bridgehead atoms. The molecular weight excluding hydrogens is 288 g/mol. The molecule has 0 saturated carbocycles. The van der Waals surface area contributed by atoms with Crippen molar-refractivity contribution in [1.82, 2.24) is 20.4 Å². The molecule has 1 saturated heterocycles. The molecule has 0 aliphatic carbocycles. The fraction of sp³-hybridized carbons (Fsp3) is 0.500. The van der Waals surface area contributed by atoms with Crippen LogP contribution < -0.4 is 5.32 Å². The normalized spacial score (nSPS) is 19.8. The summed E-state index contributed by atoms with van der Waals surface area (Å²) in [5, 5.41) is 9.29. The van der Waals surface area contributed by atoms with E-state index in [1.165, 1.54) is 11.3 Å². The Balaban J connectivity index is 1.59. The van der Waals surface area contributed by atoms with Crippen LogP contribution in [-0.2, 0) is 6.42 Å². The summed E-state index contributed by atoms with van der Waals surface area (Å²) in [5.41, 5.74) is 0. The first-order chi connectivity index (χ1) is 10.2. The lowest BCUT2D eigenvalue weighted by Crippen LogP contribution is -2.44. The Morgan fingerprint density at radius 2 is 2.52 bits per heavy atom. The molecule has 1 aliphatic heterocycles. The number of ketones is 1. The number of Topliss-reactive ketones (excluding diaryl/α,β-unsaturated/α-hetero) is 1. The number of hydrogen-bond acceptors (Lipinski definition) is 7. The number of hydrogen-bond donors (Lipinski definition) is 1. The number of aryl methyl sites for hydroxylation is 1. The van der Waals surface area contributed by atoms with Crippen LogP contribution in [-0.4, -0.2) is 47.5 Å². The summed E-state index contributed by atoms with van der Waals surface area (Å²) < 4.78 is 5.27. The van der Waals surface area contributed by atoms with Gasteiger partial charge in [-0.1, -0.05) is 11.2 Å². The van der Waals surface area contributed by atoms with E-state index in [9.17, 15) is 4.79 Å². The molecule has 1 atom stereocenters. The first-order valence-corrected chi connectivity index (χ1v) is 7.92. The van der Waals surface area contributed by atoms with E-state index >= 15 is 0 Å². The molecule has 1 unspecified atom stereocenters. The summed E-state index contributed by atoms with van der Waals surface area (Å²) in [6, 6.07) is 3.87. The maximum Gasteiger partial charge on any atom is 0.227 e. The van der Waals surface area contributed by atoms with E-state index in [2.05, 4.69) is 27.4 Å². The number of thiophene rings is 1. The molecule has 0 amide bonds. The molecule has 112 valence electrons. The summed E-state index contributed by atoms with van der Waals surface area (Å²) in [6.45, 7) is 2.77. The van der Waals surface area contributed by atoms with Crippen molar-refractivity contribution in [3.8, 4) is 0 Å². The van der Waals surface area contributed by atoms with E-state index in [-0.39, 0.29) is 11.8 Å². The van der Waals surface area contributed by atoms with Gasteiger partial charge in [0, 0.05) is 32.5 Å². The zero-order valence-corrected chi connectivity index (χ0v) is 12.7. The lowest BCUT2D eigenvalue weighted by molar-refractivity contribution is 0.0983. The first kappa shape index (κ1) is 14.4. The molecular formula is C14H18N4O2S. The van der Waals surface area contributed by atoms with Crippen molar-refractivity contribution in [3.63, 3.8) is 0 Å². The highest BCUT2D eigenvalue weighted by molar-refractivity contribution is 7.12. The number of carbonyl (C=O) groups is 1. The second-order valence-electron chi connectivity index (χ2n) is 5.15. The lowest BCUT2D eigenvalue weighted by atomic mass is 10.2. The molecule has 6 nitrogen and oxygen atoms in total. The summed E-state index contributed by atoms with van der Waals surface area (Å²) >= 11 is 1.46. The molecule has 0 aromatic carbocycles. The van der Waals surface area contributed by atoms with Crippen molar-refractivity contribution in [1.29, 1.82) is 0 Å². The number of piperazine rings is 1. The summed E-state index contributed by atoms with van der Waals surface area (Å²) in [5.74, 6) is 1.36. The van der Waals surface area contributed by atoms with Crippen LogP contribution in [0, 0.1) is 0 Å². The third-order valence-electron chi connectivity index (χ3n) is 3.65. The van der Waals surface area contributed by atoms with Crippen LogP contribution in [0.4, 0.5) is 0 Å². The predicted octanol–water partition coefficient (Wildman–Crippen LogP) is 1.52. The topological polar surface area (TPSA) is 71.3 Å². The van der Waals surface area contributed by atoms with Crippen molar-refractivity contribution >= 4 is 17.1 Å². The summed E-state index contributed by atoms with van der Waals surface area (Å²) in [7, 11) is 2.06. The minimum atomic E-state index is 0.126. The number of nitrogens with zero attached hydrogens (tertiary/aromatic N) is 3. The molecule has 2 aromatic rings. The van der Waals surface area contributed by atoms with Gasteiger partial charge < -0.3 is 9.84 Å². The van der Waals surface area contributed by atoms with Gasteiger partial charge >= 0.3 is 0 Å². The van der Waals surface area contributed by atoms with Crippen molar-refractivity contribution in [2.75, 3.05) is 26.7 Å². The molecule has 1 fully saturated rings. The highest BCUT2D eigenvalue weighted by Crippen LogP contribution is 2.18. The summed E-state index contributed by atoms with van der Waals surface area (Å²) in [4.78, 5) is 19.4. The number of carbonyl (C=O) groups excluding carboxylic acids is 1. The summed E-state index contributed by atoms with van der Waals surface area (Å²) in [6.07, 6.45) is 0.897. The van der Waals surface area contributed by atoms with Gasteiger partial charge in [-0.05, 0) is 18.5 Å². The molecule has 0 radical (unpaired) electrons. The zero-order chi connectivity index (χ0) is 14.7. The Morgan fingerprint density at radius 3 is 3.29 bits per heavy atom. The van der Waals surface area contributed by atoms with Gasteiger partial charge in [0.25, 0.3) is 0 Å². The first-order valence-electron chi connectivity index (χ1n) is 7.04. The Bertz CT molecular complexity index is 596. The van der Waals surface area contributed by atoms with Crippen LogP contribution >= 0.6 is 11.3 Å². The van der Waals surface area contributed by atoms with Crippen LogP contribution in [0.25, 0.3) is 0 Å². The maximum atomic E-state index is 11.9.